The van der Waals surface area contributed by atoms with E-state index < -0.39 is 0 Å². The average molecular weight is 234 g/mol. The monoisotopic (exact) mass is 234 g/mol. The first-order chi connectivity index (χ1) is 8.22. The van der Waals surface area contributed by atoms with Crippen molar-refractivity contribution in [3.8, 4) is 0 Å². The zero-order chi connectivity index (χ0) is 12.3. The maximum Gasteiger partial charge on any atom is 0.180 e. The number of aromatic nitrogens is 1. The van der Waals surface area contributed by atoms with Crippen LogP contribution in [0.1, 0.15) is 30.3 Å². The number of likely N-dealkylation sites (N-methyl/N-ethyl adjacent to an activating group) is 1. The third-order valence-electron chi connectivity index (χ3n) is 3.22. The van der Waals surface area contributed by atoms with Crippen LogP contribution in [0, 0.1) is 0 Å². The molecule has 0 aromatic carbocycles. The number of ketones is 1. The maximum atomic E-state index is 11.5. The molecule has 0 amide bonds. The van der Waals surface area contributed by atoms with Gasteiger partial charge in [0.25, 0.3) is 0 Å². The normalized spacial score (nSPS) is 19.3. The molecular weight excluding hydrogens is 216 g/mol. The molecule has 0 saturated carbocycles. The molecule has 0 N–H and O–H groups in total. The molecule has 1 saturated heterocycles. The Morgan fingerprint density at radius 3 is 2.94 bits per heavy atom. The van der Waals surface area contributed by atoms with Crippen LogP contribution in [0.5, 0.6) is 0 Å². The van der Waals surface area contributed by atoms with Gasteiger partial charge in [-0.3, -0.25) is 9.78 Å². The van der Waals surface area contributed by atoms with Crippen molar-refractivity contribution in [1.29, 1.82) is 0 Å². The first kappa shape index (κ1) is 12.0. The van der Waals surface area contributed by atoms with Gasteiger partial charge in [0.2, 0.25) is 0 Å². The lowest BCUT2D eigenvalue weighted by Gasteiger charge is -2.25. The Labute approximate surface area is 102 Å². The zero-order valence-corrected chi connectivity index (χ0v) is 10.3. The topological polar surface area (TPSA) is 42.4 Å². The number of carbonyl (C=O) groups excluding carboxylic acids is 1. The summed E-state index contributed by atoms with van der Waals surface area (Å²) in [5.74, 6) is 0.0865. The van der Waals surface area contributed by atoms with Crippen LogP contribution in [-0.4, -0.2) is 37.1 Å². The molecule has 1 aromatic heterocycles. The molecule has 4 nitrogen and oxygen atoms in total. The minimum atomic E-state index is 0.0865. The van der Waals surface area contributed by atoms with Crippen molar-refractivity contribution >= 4 is 11.5 Å². The fourth-order valence-corrected chi connectivity index (χ4v) is 1.98. The van der Waals surface area contributed by atoms with E-state index in [1.807, 2.05) is 20.0 Å². The highest BCUT2D eigenvalue weighted by Crippen LogP contribution is 2.19. The van der Waals surface area contributed by atoms with E-state index in [0.29, 0.717) is 18.2 Å². The summed E-state index contributed by atoms with van der Waals surface area (Å²) in [6, 6.07) is 4.17. The summed E-state index contributed by atoms with van der Waals surface area (Å²) in [6.07, 6.45) is 3.31. The van der Waals surface area contributed by atoms with Gasteiger partial charge in [0, 0.05) is 20.1 Å². The molecule has 1 aliphatic heterocycles. The molecule has 0 radical (unpaired) electrons. The number of nitrogens with zero attached hydrogens (tertiary/aromatic N) is 2. The van der Waals surface area contributed by atoms with Crippen molar-refractivity contribution in [2.75, 3.05) is 25.2 Å². The van der Waals surface area contributed by atoms with Crippen molar-refractivity contribution < 1.29 is 9.53 Å². The van der Waals surface area contributed by atoms with E-state index >= 15 is 0 Å². The Morgan fingerprint density at radius 2 is 2.41 bits per heavy atom. The lowest BCUT2D eigenvalue weighted by atomic mass is 10.2. The number of carbonyl (C=O) groups is 1. The third-order valence-corrected chi connectivity index (χ3v) is 3.22. The lowest BCUT2D eigenvalue weighted by Crippen LogP contribution is -2.31. The molecule has 0 spiro atoms. The van der Waals surface area contributed by atoms with Crippen molar-refractivity contribution in [3.63, 3.8) is 0 Å². The second-order valence-corrected chi connectivity index (χ2v) is 4.31. The SMILES string of the molecule is CCC(=O)c1ccc(N(C)C2CCOC2)cn1. The predicted octanol–water partition coefficient (Wildman–Crippen LogP) is 1.90. The van der Waals surface area contributed by atoms with Crippen molar-refractivity contribution in [2.24, 2.45) is 0 Å². The van der Waals surface area contributed by atoms with Gasteiger partial charge in [0.05, 0.1) is 24.5 Å². The Balaban J connectivity index is 2.09. The van der Waals surface area contributed by atoms with Crippen LogP contribution in [0.3, 0.4) is 0 Å². The van der Waals surface area contributed by atoms with E-state index in [0.717, 1.165) is 25.3 Å². The minimum Gasteiger partial charge on any atom is -0.379 e. The summed E-state index contributed by atoms with van der Waals surface area (Å²) in [6.45, 7) is 3.45. The van der Waals surface area contributed by atoms with Gasteiger partial charge in [0.15, 0.2) is 5.78 Å². The molecule has 92 valence electrons. The summed E-state index contributed by atoms with van der Waals surface area (Å²) in [4.78, 5) is 17.8. The average Bonchev–Trinajstić information content (AvgIpc) is 2.91. The molecular formula is C13H18N2O2. The van der Waals surface area contributed by atoms with Gasteiger partial charge in [-0.25, -0.2) is 0 Å². The smallest absolute Gasteiger partial charge is 0.180 e. The fraction of sp³-hybridized carbons (Fsp3) is 0.538. The van der Waals surface area contributed by atoms with E-state index in [2.05, 4.69) is 9.88 Å². The molecule has 1 atom stereocenters. The molecule has 0 aliphatic carbocycles. The van der Waals surface area contributed by atoms with E-state index in [4.69, 9.17) is 4.74 Å². The number of hydrogen-bond acceptors (Lipinski definition) is 4. The van der Waals surface area contributed by atoms with Crippen LogP contribution in [0.25, 0.3) is 0 Å². The quantitative estimate of drug-likeness (QED) is 0.746. The molecule has 1 aliphatic rings. The molecule has 17 heavy (non-hydrogen) atoms. The van der Waals surface area contributed by atoms with Gasteiger partial charge in [-0.2, -0.15) is 0 Å². The number of rotatable bonds is 4. The lowest BCUT2D eigenvalue weighted by molar-refractivity contribution is 0.0983. The maximum absolute atomic E-state index is 11.5. The summed E-state index contributed by atoms with van der Waals surface area (Å²) >= 11 is 0. The van der Waals surface area contributed by atoms with Crippen molar-refractivity contribution in [2.45, 2.75) is 25.8 Å². The van der Waals surface area contributed by atoms with Gasteiger partial charge in [0.1, 0.15) is 5.69 Å². The summed E-state index contributed by atoms with van der Waals surface area (Å²) < 4.78 is 5.36. The zero-order valence-electron chi connectivity index (χ0n) is 10.3. The molecule has 0 bridgehead atoms. The number of hydrogen-bond donors (Lipinski definition) is 0. The Kier molecular flexibility index (Phi) is 3.74. The van der Waals surface area contributed by atoms with Crippen molar-refractivity contribution in [3.05, 3.63) is 24.0 Å². The molecule has 4 heteroatoms. The minimum absolute atomic E-state index is 0.0865. The van der Waals surface area contributed by atoms with Crippen LogP contribution in [0.2, 0.25) is 0 Å². The molecule has 1 unspecified atom stereocenters. The third kappa shape index (κ3) is 2.64. The van der Waals surface area contributed by atoms with Gasteiger partial charge in [-0.1, -0.05) is 6.92 Å². The van der Waals surface area contributed by atoms with E-state index in [9.17, 15) is 4.79 Å². The van der Waals surface area contributed by atoms with Crippen LogP contribution in [0.15, 0.2) is 18.3 Å². The van der Waals surface area contributed by atoms with Crippen LogP contribution >= 0.6 is 0 Å². The van der Waals surface area contributed by atoms with E-state index in [1.54, 1.807) is 12.3 Å². The van der Waals surface area contributed by atoms with Crippen LogP contribution in [0.4, 0.5) is 5.69 Å². The standard InChI is InChI=1S/C13H18N2O2/c1-3-13(16)12-5-4-10(8-14-12)15(2)11-6-7-17-9-11/h4-5,8,11H,3,6-7,9H2,1-2H3. The highest BCUT2D eigenvalue weighted by molar-refractivity contribution is 5.94. The second kappa shape index (κ2) is 5.27. The second-order valence-electron chi connectivity index (χ2n) is 4.31. The first-order valence-electron chi connectivity index (χ1n) is 6.02. The van der Waals surface area contributed by atoms with Crippen LogP contribution < -0.4 is 4.90 Å². The van der Waals surface area contributed by atoms with Crippen LogP contribution in [-0.2, 0) is 4.74 Å². The summed E-state index contributed by atoms with van der Waals surface area (Å²) in [5.41, 5.74) is 1.58. The highest BCUT2D eigenvalue weighted by atomic mass is 16.5. The number of ether oxygens (including phenoxy) is 1. The predicted molar refractivity (Wildman–Crippen MR) is 66.5 cm³/mol. The molecule has 2 heterocycles. The fourth-order valence-electron chi connectivity index (χ4n) is 1.98. The van der Waals surface area contributed by atoms with Gasteiger partial charge in [-0.05, 0) is 18.6 Å². The molecule has 1 aromatic rings. The highest BCUT2D eigenvalue weighted by Gasteiger charge is 2.20. The Morgan fingerprint density at radius 1 is 1.59 bits per heavy atom. The molecule has 2 rings (SSSR count). The van der Waals surface area contributed by atoms with E-state index in [1.165, 1.54) is 0 Å². The van der Waals surface area contributed by atoms with Gasteiger partial charge < -0.3 is 9.64 Å². The van der Waals surface area contributed by atoms with E-state index in [-0.39, 0.29) is 5.78 Å². The Hall–Kier alpha value is -1.42. The summed E-state index contributed by atoms with van der Waals surface area (Å²) in [5, 5.41) is 0. The first-order valence-corrected chi connectivity index (χ1v) is 6.02. The number of anilines is 1. The summed E-state index contributed by atoms with van der Waals surface area (Å²) in [7, 11) is 2.04. The van der Waals surface area contributed by atoms with Gasteiger partial charge >= 0.3 is 0 Å². The molecule has 1 fully saturated rings. The number of pyridine rings is 1. The van der Waals surface area contributed by atoms with Crippen molar-refractivity contribution in [1.82, 2.24) is 4.98 Å². The Bertz CT molecular complexity index is 383. The van der Waals surface area contributed by atoms with Gasteiger partial charge in [-0.15, -0.1) is 0 Å². The largest absolute Gasteiger partial charge is 0.379 e. The number of Topliss-reactive ketones (excluding diaryl/α,β-unsaturated/α-hetero) is 1.